The summed E-state index contributed by atoms with van der Waals surface area (Å²) in [5, 5.41) is 9.47. The van der Waals surface area contributed by atoms with Gasteiger partial charge in [0.15, 0.2) is 0 Å². The number of aliphatic hydroxyl groups is 1. The Morgan fingerprint density at radius 3 is 1.90 bits per heavy atom. The standard InChI is InChI=1S/C8H16O2/c1-7(2)5-6(9)8(3,4)10-7/h6,9H,5H2,1-4H3/t6-/m0/s1. The van der Waals surface area contributed by atoms with E-state index in [1.807, 2.05) is 27.7 Å². The number of hydrogen-bond donors (Lipinski definition) is 1. The van der Waals surface area contributed by atoms with E-state index in [4.69, 9.17) is 4.74 Å². The first-order chi connectivity index (χ1) is 4.33. The van der Waals surface area contributed by atoms with Gasteiger partial charge in [0.05, 0.1) is 17.3 Å². The minimum Gasteiger partial charge on any atom is -0.390 e. The molecule has 2 heteroatoms. The molecule has 1 N–H and O–H groups in total. The molecule has 0 aromatic rings. The highest BCUT2D eigenvalue weighted by atomic mass is 16.5. The molecule has 2 nitrogen and oxygen atoms in total. The molecule has 0 aromatic heterocycles. The number of ether oxygens (including phenoxy) is 1. The summed E-state index contributed by atoms with van der Waals surface area (Å²) in [5.74, 6) is 0. The zero-order chi connectivity index (χ0) is 7.99. The van der Waals surface area contributed by atoms with Crippen LogP contribution in [-0.2, 0) is 4.74 Å². The first-order valence-corrected chi connectivity index (χ1v) is 3.72. The molecule has 0 aliphatic carbocycles. The lowest BCUT2D eigenvalue weighted by Gasteiger charge is -2.24. The van der Waals surface area contributed by atoms with E-state index in [0.717, 1.165) is 6.42 Å². The first kappa shape index (κ1) is 8.02. The van der Waals surface area contributed by atoms with Gasteiger partial charge in [0.2, 0.25) is 0 Å². The molecule has 10 heavy (non-hydrogen) atoms. The predicted molar refractivity (Wildman–Crippen MR) is 39.9 cm³/mol. The molecule has 1 fully saturated rings. The van der Waals surface area contributed by atoms with E-state index in [-0.39, 0.29) is 17.3 Å². The van der Waals surface area contributed by atoms with Crippen molar-refractivity contribution in [1.29, 1.82) is 0 Å². The molecule has 0 amide bonds. The van der Waals surface area contributed by atoms with Gasteiger partial charge >= 0.3 is 0 Å². The second kappa shape index (κ2) is 1.95. The van der Waals surface area contributed by atoms with Crippen molar-refractivity contribution in [1.82, 2.24) is 0 Å². The summed E-state index contributed by atoms with van der Waals surface area (Å²) in [6, 6.07) is 0. The van der Waals surface area contributed by atoms with Gasteiger partial charge in [0.25, 0.3) is 0 Å². The fourth-order valence-corrected chi connectivity index (χ4v) is 1.53. The van der Waals surface area contributed by atoms with Gasteiger partial charge in [-0.1, -0.05) is 0 Å². The molecule has 1 aliphatic rings. The second-order valence-corrected chi connectivity index (χ2v) is 4.19. The molecule has 0 unspecified atom stereocenters. The van der Waals surface area contributed by atoms with E-state index in [1.54, 1.807) is 0 Å². The fraction of sp³-hybridized carbons (Fsp3) is 1.00. The SMILES string of the molecule is CC1(C)C[C@H](O)C(C)(C)O1. The Hall–Kier alpha value is -0.0800. The number of aliphatic hydroxyl groups excluding tert-OH is 1. The zero-order valence-electron chi connectivity index (χ0n) is 7.14. The summed E-state index contributed by atoms with van der Waals surface area (Å²) >= 11 is 0. The van der Waals surface area contributed by atoms with E-state index >= 15 is 0 Å². The van der Waals surface area contributed by atoms with Gasteiger partial charge in [-0.05, 0) is 27.7 Å². The Morgan fingerprint density at radius 2 is 1.80 bits per heavy atom. The average Bonchev–Trinajstić information content (AvgIpc) is 1.73. The summed E-state index contributed by atoms with van der Waals surface area (Å²) in [6.45, 7) is 7.86. The molecular weight excluding hydrogens is 128 g/mol. The van der Waals surface area contributed by atoms with Gasteiger partial charge < -0.3 is 9.84 Å². The van der Waals surface area contributed by atoms with E-state index in [9.17, 15) is 5.11 Å². The average molecular weight is 144 g/mol. The quantitative estimate of drug-likeness (QED) is 0.555. The van der Waals surface area contributed by atoms with E-state index in [2.05, 4.69) is 0 Å². The molecule has 0 saturated carbocycles. The van der Waals surface area contributed by atoms with Crippen molar-refractivity contribution in [2.45, 2.75) is 51.4 Å². The van der Waals surface area contributed by atoms with Crippen molar-refractivity contribution in [2.75, 3.05) is 0 Å². The molecule has 1 heterocycles. The molecular formula is C8H16O2. The lowest BCUT2D eigenvalue weighted by Crippen LogP contribution is -2.32. The second-order valence-electron chi connectivity index (χ2n) is 4.19. The highest BCUT2D eigenvalue weighted by Crippen LogP contribution is 2.36. The lowest BCUT2D eigenvalue weighted by molar-refractivity contribution is -0.0887. The fourth-order valence-electron chi connectivity index (χ4n) is 1.53. The van der Waals surface area contributed by atoms with E-state index in [1.165, 1.54) is 0 Å². The molecule has 0 spiro atoms. The van der Waals surface area contributed by atoms with Crippen LogP contribution in [0.25, 0.3) is 0 Å². The van der Waals surface area contributed by atoms with Gasteiger partial charge in [-0.15, -0.1) is 0 Å². The Morgan fingerprint density at radius 1 is 1.30 bits per heavy atom. The molecule has 0 bridgehead atoms. The van der Waals surface area contributed by atoms with Gasteiger partial charge in [0.1, 0.15) is 0 Å². The maximum Gasteiger partial charge on any atom is 0.0892 e. The summed E-state index contributed by atoms with van der Waals surface area (Å²) in [7, 11) is 0. The summed E-state index contributed by atoms with van der Waals surface area (Å²) in [6.07, 6.45) is 0.419. The van der Waals surface area contributed by atoms with Crippen molar-refractivity contribution < 1.29 is 9.84 Å². The van der Waals surface area contributed by atoms with Crippen molar-refractivity contribution in [3.63, 3.8) is 0 Å². The van der Waals surface area contributed by atoms with Crippen LogP contribution in [0.3, 0.4) is 0 Å². The van der Waals surface area contributed by atoms with Crippen molar-refractivity contribution in [3.8, 4) is 0 Å². The first-order valence-electron chi connectivity index (χ1n) is 3.72. The smallest absolute Gasteiger partial charge is 0.0892 e. The maximum absolute atomic E-state index is 9.47. The molecule has 60 valence electrons. The number of hydrogen-bond acceptors (Lipinski definition) is 2. The van der Waals surface area contributed by atoms with Crippen LogP contribution >= 0.6 is 0 Å². The maximum atomic E-state index is 9.47. The number of rotatable bonds is 0. The van der Waals surface area contributed by atoms with Crippen LogP contribution in [0.1, 0.15) is 34.1 Å². The Bertz CT molecular complexity index is 138. The van der Waals surface area contributed by atoms with Crippen molar-refractivity contribution in [3.05, 3.63) is 0 Å². The monoisotopic (exact) mass is 144 g/mol. The van der Waals surface area contributed by atoms with Crippen molar-refractivity contribution in [2.24, 2.45) is 0 Å². The Kier molecular flexibility index (Phi) is 1.57. The highest BCUT2D eigenvalue weighted by molar-refractivity contribution is 4.94. The van der Waals surface area contributed by atoms with Crippen LogP contribution in [-0.4, -0.2) is 22.4 Å². The largest absolute Gasteiger partial charge is 0.390 e. The predicted octanol–water partition coefficient (Wildman–Crippen LogP) is 1.32. The third-order valence-corrected chi connectivity index (χ3v) is 2.03. The zero-order valence-corrected chi connectivity index (χ0v) is 7.14. The van der Waals surface area contributed by atoms with Gasteiger partial charge in [0, 0.05) is 6.42 Å². The minimum atomic E-state index is -0.358. The summed E-state index contributed by atoms with van der Waals surface area (Å²) < 4.78 is 5.60. The molecule has 1 aliphatic heterocycles. The van der Waals surface area contributed by atoms with Gasteiger partial charge in [-0.25, -0.2) is 0 Å². The minimum absolute atomic E-state index is 0.150. The van der Waals surface area contributed by atoms with Crippen LogP contribution in [0.5, 0.6) is 0 Å². The van der Waals surface area contributed by atoms with Crippen LogP contribution < -0.4 is 0 Å². The molecule has 0 radical (unpaired) electrons. The molecule has 1 atom stereocenters. The van der Waals surface area contributed by atoms with Crippen LogP contribution in [0.15, 0.2) is 0 Å². The highest BCUT2D eigenvalue weighted by Gasteiger charge is 2.44. The van der Waals surface area contributed by atoms with Crippen molar-refractivity contribution >= 4 is 0 Å². The summed E-state index contributed by atoms with van der Waals surface area (Å²) in [4.78, 5) is 0. The third-order valence-electron chi connectivity index (χ3n) is 2.03. The van der Waals surface area contributed by atoms with Gasteiger partial charge in [-0.2, -0.15) is 0 Å². The van der Waals surface area contributed by atoms with Crippen LogP contribution in [0.4, 0.5) is 0 Å². The Balaban J connectivity index is 2.71. The van der Waals surface area contributed by atoms with Crippen LogP contribution in [0, 0.1) is 0 Å². The summed E-state index contributed by atoms with van der Waals surface area (Å²) in [5.41, 5.74) is -0.508. The topological polar surface area (TPSA) is 29.5 Å². The molecule has 0 aromatic carbocycles. The van der Waals surface area contributed by atoms with E-state index < -0.39 is 0 Å². The van der Waals surface area contributed by atoms with E-state index in [0.29, 0.717) is 0 Å². The lowest BCUT2D eigenvalue weighted by atomic mass is 9.98. The molecule has 1 rings (SSSR count). The molecule has 1 saturated heterocycles. The normalized spacial score (nSPS) is 36.3. The van der Waals surface area contributed by atoms with Gasteiger partial charge in [-0.3, -0.25) is 0 Å². The Labute approximate surface area is 62.2 Å². The third kappa shape index (κ3) is 1.32. The van der Waals surface area contributed by atoms with Crippen LogP contribution in [0.2, 0.25) is 0 Å².